The summed E-state index contributed by atoms with van der Waals surface area (Å²) in [7, 11) is 0. The van der Waals surface area contributed by atoms with Gasteiger partial charge in [0.25, 0.3) is 0 Å². The Kier molecular flexibility index (Phi) is 3.55. The molecule has 1 fully saturated rings. The van der Waals surface area contributed by atoms with Crippen molar-refractivity contribution in [2.45, 2.75) is 38.8 Å². The fraction of sp³-hybridized carbons (Fsp3) is 0.500. The fourth-order valence-electron chi connectivity index (χ4n) is 2.65. The van der Waals surface area contributed by atoms with Crippen LogP contribution in [0.3, 0.4) is 0 Å². The predicted octanol–water partition coefficient (Wildman–Crippen LogP) is 2.36. The Balaban J connectivity index is 1.73. The first-order chi connectivity index (χ1) is 9.36. The molecule has 0 spiro atoms. The van der Waals surface area contributed by atoms with Crippen LogP contribution in [0.2, 0.25) is 0 Å². The highest BCUT2D eigenvalue weighted by Gasteiger charge is 2.27. The van der Waals surface area contributed by atoms with E-state index in [2.05, 4.69) is 26.1 Å². The topological polar surface area (TPSA) is 55.1 Å². The third kappa shape index (κ3) is 2.66. The molecule has 0 amide bonds. The van der Waals surface area contributed by atoms with Crippen LogP contribution in [0.5, 0.6) is 0 Å². The zero-order valence-electron chi connectivity index (χ0n) is 11.1. The summed E-state index contributed by atoms with van der Waals surface area (Å²) in [6, 6.07) is 4.57. The van der Waals surface area contributed by atoms with Gasteiger partial charge in [-0.1, -0.05) is 18.1 Å². The number of hydrogen-bond acceptors (Lipinski definition) is 5. The van der Waals surface area contributed by atoms with Gasteiger partial charge in [-0.3, -0.25) is 9.88 Å². The lowest BCUT2D eigenvalue weighted by Gasteiger charge is -2.22. The first-order valence-electron chi connectivity index (χ1n) is 6.82. The fourth-order valence-corrected chi connectivity index (χ4v) is 2.65. The van der Waals surface area contributed by atoms with E-state index in [1.54, 1.807) is 0 Å². The van der Waals surface area contributed by atoms with Crippen LogP contribution < -0.4 is 0 Å². The molecule has 3 heterocycles. The molecule has 1 aliphatic rings. The SMILES string of the molecule is CCc1nc(CN2CCCC2c2cccnc2)no1. The molecule has 0 saturated carbocycles. The van der Waals surface area contributed by atoms with Crippen LogP contribution in [-0.4, -0.2) is 26.6 Å². The highest BCUT2D eigenvalue weighted by atomic mass is 16.5. The van der Waals surface area contributed by atoms with Crippen molar-refractivity contribution in [1.82, 2.24) is 20.0 Å². The Bertz CT molecular complexity index is 525. The van der Waals surface area contributed by atoms with Gasteiger partial charge in [-0.15, -0.1) is 0 Å². The Morgan fingerprint density at radius 1 is 1.47 bits per heavy atom. The van der Waals surface area contributed by atoms with Crippen LogP contribution in [0.4, 0.5) is 0 Å². The Morgan fingerprint density at radius 3 is 3.16 bits per heavy atom. The zero-order chi connectivity index (χ0) is 13.1. The monoisotopic (exact) mass is 258 g/mol. The van der Waals surface area contributed by atoms with Crippen molar-refractivity contribution in [2.75, 3.05) is 6.54 Å². The summed E-state index contributed by atoms with van der Waals surface area (Å²) in [6.07, 6.45) is 6.94. The molecule has 1 atom stereocenters. The van der Waals surface area contributed by atoms with Gasteiger partial charge in [-0.25, -0.2) is 0 Å². The largest absolute Gasteiger partial charge is 0.339 e. The van der Waals surface area contributed by atoms with E-state index in [9.17, 15) is 0 Å². The van der Waals surface area contributed by atoms with Crippen molar-refractivity contribution < 1.29 is 4.52 Å². The van der Waals surface area contributed by atoms with Gasteiger partial charge in [0.05, 0.1) is 6.54 Å². The number of pyridine rings is 1. The van der Waals surface area contributed by atoms with E-state index in [-0.39, 0.29) is 0 Å². The normalized spacial score (nSPS) is 19.9. The molecule has 0 aromatic carbocycles. The first kappa shape index (κ1) is 12.3. The van der Waals surface area contributed by atoms with E-state index >= 15 is 0 Å². The van der Waals surface area contributed by atoms with E-state index in [0.29, 0.717) is 11.9 Å². The number of nitrogens with zero attached hydrogens (tertiary/aromatic N) is 4. The average Bonchev–Trinajstić information content (AvgIpc) is 3.09. The van der Waals surface area contributed by atoms with Crippen LogP contribution >= 0.6 is 0 Å². The van der Waals surface area contributed by atoms with E-state index in [1.165, 1.54) is 18.4 Å². The standard InChI is InChI=1S/C14H18N4O/c1-2-14-16-13(17-19-14)10-18-8-4-6-12(18)11-5-3-7-15-9-11/h3,5,7,9,12H,2,4,6,8,10H2,1H3. The minimum atomic E-state index is 0.428. The minimum Gasteiger partial charge on any atom is -0.339 e. The lowest BCUT2D eigenvalue weighted by Crippen LogP contribution is -2.23. The van der Waals surface area contributed by atoms with Crippen molar-refractivity contribution >= 4 is 0 Å². The minimum absolute atomic E-state index is 0.428. The number of aryl methyl sites for hydroxylation is 1. The molecule has 2 aromatic heterocycles. The maximum absolute atomic E-state index is 5.16. The zero-order valence-corrected chi connectivity index (χ0v) is 11.1. The lowest BCUT2D eigenvalue weighted by atomic mass is 10.1. The van der Waals surface area contributed by atoms with Crippen LogP contribution in [0.1, 0.15) is 43.1 Å². The van der Waals surface area contributed by atoms with Crippen LogP contribution in [-0.2, 0) is 13.0 Å². The predicted molar refractivity (Wildman–Crippen MR) is 70.3 cm³/mol. The van der Waals surface area contributed by atoms with Gasteiger partial charge in [0.15, 0.2) is 5.82 Å². The maximum Gasteiger partial charge on any atom is 0.226 e. The highest BCUT2D eigenvalue weighted by molar-refractivity contribution is 5.15. The quantitative estimate of drug-likeness (QED) is 0.842. The van der Waals surface area contributed by atoms with E-state index < -0.39 is 0 Å². The molecule has 0 radical (unpaired) electrons. The second-order valence-electron chi connectivity index (χ2n) is 4.87. The van der Waals surface area contributed by atoms with Gasteiger partial charge in [-0.05, 0) is 31.0 Å². The number of aromatic nitrogens is 3. The molecule has 2 aromatic rings. The molecule has 1 saturated heterocycles. The summed E-state index contributed by atoms with van der Waals surface area (Å²) in [4.78, 5) is 11.0. The van der Waals surface area contributed by atoms with Crippen molar-refractivity contribution in [3.8, 4) is 0 Å². The van der Waals surface area contributed by atoms with Gasteiger partial charge < -0.3 is 4.52 Å². The summed E-state index contributed by atoms with van der Waals surface area (Å²) < 4.78 is 5.16. The van der Waals surface area contributed by atoms with Crippen molar-refractivity contribution in [3.63, 3.8) is 0 Å². The Morgan fingerprint density at radius 2 is 2.42 bits per heavy atom. The molecule has 19 heavy (non-hydrogen) atoms. The Labute approximate surface area is 112 Å². The highest BCUT2D eigenvalue weighted by Crippen LogP contribution is 2.32. The van der Waals surface area contributed by atoms with Gasteiger partial charge in [0, 0.05) is 24.9 Å². The number of likely N-dealkylation sites (tertiary alicyclic amines) is 1. The van der Waals surface area contributed by atoms with E-state index in [0.717, 1.165) is 25.3 Å². The number of hydrogen-bond donors (Lipinski definition) is 0. The molecule has 1 unspecified atom stereocenters. The molecule has 0 N–H and O–H groups in total. The van der Waals surface area contributed by atoms with Crippen LogP contribution in [0.25, 0.3) is 0 Å². The molecular weight excluding hydrogens is 240 g/mol. The molecule has 3 rings (SSSR count). The van der Waals surface area contributed by atoms with Crippen molar-refractivity contribution in [1.29, 1.82) is 0 Å². The summed E-state index contributed by atoms with van der Waals surface area (Å²) >= 11 is 0. The second kappa shape index (κ2) is 5.48. The second-order valence-corrected chi connectivity index (χ2v) is 4.87. The molecule has 5 heteroatoms. The van der Waals surface area contributed by atoms with Gasteiger partial charge >= 0.3 is 0 Å². The average molecular weight is 258 g/mol. The van der Waals surface area contributed by atoms with Crippen molar-refractivity contribution in [2.24, 2.45) is 0 Å². The Hall–Kier alpha value is -1.75. The third-order valence-corrected chi connectivity index (χ3v) is 3.59. The van der Waals surface area contributed by atoms with E-state index in [4.69, 9.17) is 4.52 Å². The summed E-state index contributed by atoms with van der Waals surface area (Å²) in [5, 5.41) is 4.04. The molecule has 0 aliphatic carbocycles. The molecular formula is C14H18N4O. The van der Waals surface area contributed by atoms with Gasteiger partial charge in [0.1, 0.15) is 0 Å². The van der Waals surface area contributed by atoms with Gasteiger partial charge in [0.2, 0.25) is 5.89 Å². The van der Waals surface area contributed by atoms with Gasteiger partial charge in [-0.2, -0.15) is 4.98 Å². The van der Waals surface area contributed by atoms with Crippen LogP contribution in [0, 0.1) is 0 Å². The van der Waals surface area contributed by atoms with Crippen molar-refractivity contribution in [3.05, 3.63) is 41.8 Å². The molecule has 1 aliphatic heterocycles. The molecule has 0 bridgehead atoms. The molecule has 100 valence electrons. The maximum atomic E-state index is 5.16. The van der Waals surface area contributed by atoms with Crippen LogP contribution in [0.15, 0.2) is 29.0 Å². The lowest BCUT2D eigenvalue weighted by molar-refractivity contribution is 0.237. The number of rotatable bonds is 4. The summed E-state index contributed by atoms with van der Waals surface area (Å²) in [6.45, 7) is 3.85. The summed E-state index contributed by atoms with van der Waals surface area (Å²) in [5.41, 5.74) is 1.28. The van der Waals surface area contributed by atoms with E-state index in [1.807, 2.05) is 25.4 Å². The first-order valence-corrected chi connectivity index (χ1v) is 6.82. The third-order valence-electron chi connectivity index (χ3n) is 3.59. The summed E-state index contributed by atoms with van der Waals surface area (Å²) in [5.74, 6) is 1.50. The smallest absolute Gasteiger partial charge is 0.226 e. The molecule has 5 nitrogen and oxygen atoms in total.